The Balaban J connectivity index is 0.000000213. The second kappa shape index (κ2) is 5.13. The molecule has 1 N–H and O–H groups in total. The first kappa shape index (κ1) is 10.4. The van der Waals surface area contributed by atoms with Crippen molar-refractivity contribution < 1.29 is 9.90 Å². The van der Waals surface area contributed by atoms with Crippen LogP contribution in [0.15, 0.2) is 42.6 Å². The maximum absolute atomic E-state index is 9.06. The van der Waals surface area contributed by atoms with Gasteiger partial charge in [0.25, 0.3) is 5.59 Å². The fourth-order valence-electron chi connectivity index (χ4n) is 1.02. The molecule has 0 saturated heterocycles. The topological polar surface area (TPSA) is 50.2 Å². The summed E-state index contributed by atoms with van der Waals surface area (Å²) in [4.78, 5) is 13.2. The normalized spacial score (nSPS) is 9.14. The van der Waals surface area contributed by atoms with Gasteiger partial charge in [-0.15, -0.1) is 0 Å². The lowest BCUT2D eigenvalue weighted by atomic mass is 10.2. The number of nitrogens with zero attached hydrogens (tertiary/aromatic N) is 1. The molecule has 0 aliphatic heterocycles. The molecule has 0 amide bonds. The van der Waals surface area contributed by atoms with Crippen molar-refractivity contribution >= 4 is 26.7 Å². The summed E-state index contributed by atoms with van der Waals surface area (Å²) in [6.07, 6.45) is 1.81. The maximum atomic E-state index is 9.06. The summed E-state index contributed by atoms with van der Waals surface area (Å²) in [5.74, 6) is 0. The summed E-state index contributed by atoms with van der Waals surface area (Å²) in [6, 6.07) is 12.1. The van der Waals surface area contributed by atoms with Gasteiger partial charge < -0.3 is 5.11 Å². The van der Waals surface area contributed by atoms with Gasteiger partial charge in [-0.05, 0) is 12.1 Å². The highest BCUT2D eigenvalue weighted by Gasteiger charge is 1.86. The van der Waals surface area contributed by atoms with Crippen LogP contribution in [0.25, 0.3) is 10.9 Å². The molecule has 2 rings (SSSR count). The first-order valence-electron chi connectivity index (χ1n) is 4.19. The zero-order valence-electron chi connectivity index (χ0n) is 7.84. The molecular weight excluding hydrogens is 194 g/mol. The van der Waals surface area contributed by atoms with Crippen LogP contribution in [0.2, 0.25) is 0 Å². The number of carbonyl (C=O) groups is 1. The number of benzene rings is 1. The van der Waals surface area contributed by atoms with E-state index in [9.17, 15) is 0 Å². The number of hydrogen-bond acceptors (Lipinski definition) is 2. The Labute approximate surface area is 84.8 Å². The number of para-hydroxylation sites is 1. The molecule has 1 aromatic carbocycles. The summed E-state index contributed by atoms with van der Waals surface area (Å²) in [7, 11) is 0.265. The second-order valence-electron chi connectivity index (χ2n) is 2.72. The molecule has 0 unspecified atom stereocenters. The van der Waals surface area contributed by atoms with E-state index in [1.165, 1.54) is 5.39 Å². The van der Waals surface area contributed by atoms with Gasteiger partial charge in [-0.25, -0.2) is 0 Å². The Morgan fingerprint density at radius 2 is 1.79 bits per heavy atom. The third-order valence-electron chi connectivity index (χ3n) is 1.51. The van der Waals surface area contributed by atoms with E-state index in [-0.39, 0.29) is 10.2 Å². The first-order chi connectivity index (χ1) is 6.70. The van der Waals surface area contributed by atoms with E-state index in [0.29, 0.717) is 0 Å². The van der Waals surface area contributed by atoms with Crippen molar-refractivity contribution in [2.75, 3.05) is 0 Å². The Hall–Kier alpha value is -1.68. The molecule has 14 heavy (non-hydrogen) atoms. The standard InChI is InChI=1S/C9H7N.CH4O2Si/c1-2-6-9-8(4-1)5-3-7-10-9;2-1(3)4/h1-7H;4H3,(H,2,3). The summed E-state index contributed by atoms with van der Waals surface area (Å²) in [5.41, 5.74) is 0.366. The van der Waals surface area contributed by atoms with Crippen molar-refractivity contribution in [2.45, 2.75) is 0 Å². The van der Waals surface area contributed by atoms with Crippen LogP contribution in [0.5, 0.6) is 0 Å². The monoisotopic (exact) mass is 205 g/mol. The molecule has 0 spiro atoms. The lowest BCUT2D eigenvalue weighted by Crippen LogP contribution is -1.83. The molecule has 2 aromatic rings. The minimum absolute atomic E-state index is 0.265. The van der Waals surface area contributed by atoms with Gasteiger partial charge in [-0.1, -0.05) is 24.3 Å². The van der Waals surface area contributed by atoms with Crippen LogP contribution in [-0.2, 0) is 0 Å². The number of carboxylic acid groups (broad SMARTS) is 1. The molecule has 4 heteroatoms. The van der Waals surface area contributed by atoms with Gasteiger partial charge in [0.15, 0.2) is 0 Å². The molecule has 0 radical (unpaired) electrons. The Bertz CT molecular complexity index is 362. The second-order valence-corrected chi connectivity index (χ2v) is 3.57. The molecule has 0 bridgehead atoms. The van der Waals surface area contributed by atoms with E-state index in [1.54, 1.807) is 0 Å². The van der Waals surface area contributed by atoms with E-state index in [2.05, 4.69) is 17.1 Å². The Morgan fingerprint density at radius 1 is 1.21 bits per heavy atom. The zero-order chi connectivity index (χ0) is 10.4. The number of pyridine rings is 1. The third-order valence-corrected chi connectivity index (χ3v) is 1.51. The van der Waals surface area contributed by atoms with E-state index in [1.807, 2.05) is 30.5 Å². The lowest BCUT2D eigenvalue weighted by Gasteiger charge is -1.91. The fourth-order valence-corrected chi connectivity index (χ4v) is 1.02. The summed E-state index contributed by atoms with van der Waals surface area (Å²) in [5, 5.41) is 8.68. The minimum atomic E-state index is -0.694. The van der Waals surface area contributed by atoms with Crippen LogP contribution in [0.4, 0.5) is 4.79 Å². The van der Waals surface area contributed by atoms with E-state index in [0.717, 1.165) is 5.52 Å². The van der Waals surface area contributed by atoms with Gasteiger partial charge in [0.1, 0.15) is 10.2 Å². The smallest absolute Gasteiger partial charge is 0.257 e. The van der Waals surface area contributed by atoms with Gasteiger partial charge in [-0.3, -0.25) is 9.78 Å². The molecule has 0 saturated carbocycles. The molecule has 1 heterocycles. The Kier molecular flexibility index (Phi) is 3.81. The number of aromatic nitrogens is 1. The summed E-state index contributed by atoms with van der Waals surface area (Å²) < 4.78 is 0. The van der Waals surface area contributed by atoms with Gasteiger partial charge in [0, 0.05) is 11.6 Å². The SMILES string of the molecule is O=C(O)[SiH3].c1ccc2ncccc2c1. The average molecular weight is 205 g/mol. The average Bonchev–Trinajstić information content (AvgIpc) is 2.17. The highest BCUT2D eigenvalue weighted by Crippen LogP contribution is 2.07. The van der Waals surface area contributed by atoms with Crippen molar-refractivity contribution in [1.82, 2.24) is 4.98 Å². The Morgan fingerprint density at radius 3 is 2.43 bits per heavy atom. The third kappa shape index (κ3) is 3.36. The zero-order valence-corrected chi connectivity index (χ0v) is 9.84. The first-order valence-corrected chi connectivity index (χ1v) is 5.19. The van der Waals surface area contributed by atoms with Crippen molar-refractivity contribution in [3.8, 4) is 0 Å². The van der Waals surface area contributed by atoms with E-state index in [4.69, 9.17) is 9.90 Å². The van der Waals surface area contributed by atoms with Crippen molar-refractivity contribution in [1.29, 1.82) is 0 Å². The molecule has 3 nitrogen and oxygen atoms in total. The van der Waals surface area contributed by atoms with Gasteiger partial charge in [-0.2, -0.15) is 0 Å². The van der Waals surface area contributed by atoms with Crippen LogP contribution in [0, 0.1) is 0 Å². The molecular formula is C10H11NO2Si. The molecule has 0 aliphatic rings. The fraction of sp³-hybridized carbons (Fsp3) is 0. The van der Waals surface area contributed by atoms with Crippen LogP contribution >= 0.6 is 0 Å². The van der Waals surface area contributed by atoms with Crippen LogP contribution in [0.1, 0.15) is 0 Å². The van der Waals surface area contributed by atoms with Crippen molar-refractivity contribution in [2.24, 2.45) is 0 Å². The van der Waals surface area contributed by atoms with Crippen molar-refractivity contribution in [3.63, 3.8) is 0 Å². The number of fused-ring (bicyclic) bond motifs is 1. The molecule has 0 aliphatic carbocycles. The predicted octanol–water partition coefficient (Wildman–Crippen LogP) is 1.26. The largest absolute Gasteiger partial charge is 0.486 e. The summed E-state index contributed by atoms with van der Waals surface area (Å²) >= 11 is 0. The minimum Gasteiger partial charge on any atom is -0.486 e. The van der Waals surface area contributed by atoms with E-state index < -0.39 is 5.59 Å². The van der Waals surface area contributed by atoms with Crippen molar-refractivity contribution in [3.05, 3.63) is 42.6 Å². The molecule has 72 valence electrons. The van der Waals surface area contributed by atoms with Crippen LogP contribution in [-0.4, -0.2) is 25.9 Å². The molecule has 0 atom stereocenters. The van der Waals surface area contributed by atoms with Gasteiger partial charge >= 0.3 is 0 Å². The highest BCUT2D eigenvalue weighted by atomic mass is 28.1. The quantitative estimate of drug-likeness (QED) is 0.659. The van der Waals surface area contributed by atoms with Crippen LogP contribution in [0.3, 0.4) is 0 Å². The molecule has 0 fully saturated rings. The lowest BCUT2D eigenvalue weighted by molar-refractivity contribution is 0.220. The maximum Gasteiger partial charge on any atom is 0.257 e. The van der Waals surface area contributed by atoms with Crippen LogP contribution < -0.4 is 0 Å². The number of rotatable bonds is 0. The number of hydrogen-bond donors (Lipinski definition) is 1. The van der Waals surface area contributed by atoms with Gasteiger partial charge in [0.2, 0.25) is 0 Å². The summed E-state index contributed by atoms with van der Waals surface area (Å²) in [6.45, 7) is 0. The molecule has 1 aromatic heterocycles. The predicted molar refractivity (Wildman–Crippen MR) is 59.7 cm³/mol. The highest BCUT2D eigenvalue weighted by molar-refractivity contribution is 6.54. The van der Waals surface area contributed by atoms with Gasteiger partial charge in [0.05, 0.1) is 5.52 Å². The van der Waals surface area contributed by atoms with E-state index >= 15 is 0 Å².